The number of allylic oxidation sites excluding steroid dienone is 7. The van der Waals surface area contributed by atoms with Crippen LogP contribution < -0.4 is 28.4 Å². The maximum absolute atomic E-state index is 8.49. The van der Waals surface area contributed by atoms with Crippen molar-refractivity contribution in [3.8, 4) is 0 Å². The number of halogens is 3. The smallest absolute Gasteiger partial charge is 0.0574 e. The molecule has 0 saturated heterocycles. The zero-order valence-corrected chi connectivity index (χ0v) is 24.5. The van der Waals surface area contributed by atoms with Crippen molar-refractivity contribution in [2.75, 3.05) is 55.3 Å². The minimum Gasteiger partial charge on any atom is -0.378 e. The SMILES string of the molecule is CCN=C1C=CC(=C(C=Cc2ccc(N(CCCl)CCCl)cc2)c2ccc(N(C)C)cc2)C=C1.[O-][Cl+3]([O-])([O-])[O-]. The van der Waals surface area contributed by atoms with Gasteiger partial charge in [0.25, 0.3) is 0 Å². The van der Waals surface area contributed by atoms with Crippen LogP contribution in [0.3, 0.4) is 0 Å². The van der Waals surface area contributed by atoms with Crippen LogP contribution in [-0.2, 0) is 0 Å². The monoisotopic (exact) mass is 592 g/mol. The largest absolute Gasteiger partial charge is 0.378 e. The summed E-state index contributed by atoms with van der Waals surface area (Å²) in [4.78, 5) is 8.82. The van der Waals surface area contributed by atoms with E-state index < -0.39 is 10.2 Å². The fourth-order valence-electron chi connectivity index (χ4n) is 3.78. The summed E-state index contributed by atoms with van der Waals surface area (Å²) in [5.41, 5.74) is 7.97. The van der Waals surface area contributed by atoms with E-state index in [1.54, 1.807) is 0 Å². The van der Waals surface area contributed by atoms with Gasteiger partial charge in [0.05, 0.1) is 5.71 Å². The predicted octanol–water partition coefficient (Wildman–Crippen LogP) is 2.33. The fourth-order valence-corrected chi connectivity index (χ4v) is 4.19. The fraction of sp³-hybridized carbons (Fsp3) is 0.276. The zero-order chi connectivity index (χ0) is 28.8. The molecular weight excluding hydrogens is 561 g/mol. The van der Waals surface area contributed by atoms with Crippen molar-refractivity contribution in [2.24, 2.45) is 4.99 Å². The lowest BCUT2D eigenvalue weighted by molar-refractivity contribution is -2.00. The van der Waals surface area contributed by atoms with Crippen molar-refractivity contribution in [2.45, 2.75) is 6.92 Å². The molecule has 0 atom stereocenters. The maximum atomic E-state index is 8.49. The van der Waals surface area contributed by atoms with E-state index in [0.717, 1.165) is 42.2 Å². The summed E-state index contributed by atoms with van der Waals surface area (Å²) in [6, 6.07) is 17.2. The summed E-state index contributed by atoms with van der Waals surface area (Å²) in [5.74, 6) is 1.15. The van der Waals surface area contributed by atoms with Gasteiger partial charge in [-0.15, -0.1) is 33.4 Å². The molecule has 0 heterocycles. The van der Waals surface area contributed by atoms with Crippen LogP contribution in [0.5, 0.6) is 0 Å². The maximum Gasteiger partial charge on any atom is 0.0574 e. The second-order valence-electron chi connectivity index (χ2n) is 8.54. The van der Waals surface area contributed by atoms with Gasteiger partial charge in [0, 0.05) is 56.9 Å². The van der Waals surface area contributed by atoms with Crippen LogP contribution >= 0.6 is 23.2 Å². The van der Waals surface area contributed by atoms with E-state index in [-0.39, 0.29) is 0 Å². The third-order valence-corrected chi connectivity index (χ3v) is 5.96. The molecule has 0 spiro atoms. The Hall–Kier alpha value is -2.62. The third-order valence-electron chi connectivity index (χ3n) is 5.62. The molecule has 0 radical (unpaired) electrons. The highest BCUT2D eigenvalue weighted by molar-refractivity contribution is 6.18. The molecule has 2 aromatic rings. The van der Waals surface area contributed by atoms with Gasteiger partial charge in [-0.25, -0.2) is 18.6 Å². The van der Waals surface area contributed by atoms with E-state index in [0.29, 0.717) is 11.8 Å². The molecule has 210 valence electrons. The van der Waals surface area contributed by atoms with Crippen LogP contribution in [0.1, 0.15) is 18.1 Å². The van der Waals surface area contributed by atoms with E-state index in [9.17, 15) is 0 Å². The first kappa shape index (κ1) is 32.6. The number of benzene rings is 2. The number of aliphatic imine (C=N–C) groups is 1. The van der Waals surface area contributed by atoms with Crippen LogP contribution in [0.2, 0.25) is 0 Å². The molecule has 0 fully saturated rings. The molecule has 0 N–H and O–H groups in total. The molecule has 0 aliphatic heterocycles. The molecule has 7 nitrogen and oxygen atoms in total. The third kappa shape index (κ3) is 12.0. The van der Waals surface area contributed by atoms with Gasteiger partial charge in [-0.05, 0) is 65.6 Å². The second kappa shape index (κ2) is 16.5. The Balaban J connectivity index is 0.000000976. The Bertz CT molecular complexity index is 1150. The number of nitrogens with zero attached hydrogens (tertiary/aromatic N) is 3. The van der Waals surface area contributed by atoms with E-state index >= 15 is 0 Å². The van der Waals surface area contributed by atoms with E-state index in [2.05, 4.69) is 121 Å². The summed E-state index contributed by atoms with van der Waals surface area (Å²) in [5, 5.41) is 0. The zero-order valence-electron chi connectivity index (χ0n) is 22.2. The van der Waals surface area contributed by atoms with Crippen LogP contribution in [0, 0.1) is 10.2 Å². The van der Waals surface area contributed by atoms with Crippen LogP contribution in [0.4, 0.5) is 11.4 Å². The Morgan fingerprint density at radius 1 is 0.821 bits per heavy atom. The average molecular weight is 594 g/mol. The van der Waals surface area contributed by atoms with Crippen molar-refractivity contribution in [1.82, 2.24) is 0 Å². The normalized spacial score (nSPS) is 12.8. The minimum absolute atomic E-state index is 0.577. The molecule has 0 aromatic heterocycles. The van der Waals surface area contributed by atoms with Gasteiger partial charge in [-0.3, -0.25) is 4.99 Å². The first-order valence-electron chi connectivity index (χ1n) is 12.2. The lowest BCUT2D eigenvalue weighted by atomic mass is 9.95. The van der Waals surface area contributed by atoms with Crippen molar-refractivity contribution in [3.05, 3.63) is 95.6 Å². The molecule has 2 aromatic carbocycles. The Labute approximate surface area is 243 Å². The summed E-state index contributed by atoms with van der Waals surface area (Å²) < 4.78 is 34.0. The molecule has 39 heavy (non-hydrogen) atoms. The summed E-state index contributed by atoms with van der Waals surface area (Å²) in [6.45, 7) is 4.40. The van der Waals surface area contributed by atoms with Crippen LogP contribution in [0.15, 0.2) is 89.5 Å². The van der Waals surface area contributed by atoms with E-state index in [4.69, 9.17) is 41.8 Å². The van der Waals surface area contributed by atoms with Crippen LogP contribution in [-0.4, -0.2) is 51.2 Å². The Kier molecular flexibility index (Phi) is 13.8. The number of alkyl halides is 2. The van der Waals surface area contributed by atoms with Gasteiger partial charge in [0.1, 0.15) is 0 Å². The first-order chi connectivity index (χ1) is 18.5. The first-order valence-corrected chi connectivity index (χ1v) is 14.6. The van der Waals surface area contributed by atoms with Crippen molar-refractivity contribution in [1.29, 1.82) is 0 Å². The number of anilines is 2. The highest BCUT2D eigenvalue weighted by Crippen LogP contribution is 2.27. The molecule has 0 amide bonds. The van der Waals surface area contributed by atoms with Gasteiger partial charge in [-0.2, -0.15) is 0 Å². The number of rotatable bonds is 10. The van der Waals surface area contributed by atoms with E-state index in [1.165, 1.54) is 16.8 Å². The molecule has 0 bridgehead atoms. The Morgan fingerprint density at radius 2 is 1.33 bits per heavy atom. The number of hydrogen-bond acceptors (Lipinski definition) is 7. The summed E-state index contributed by atoms with van der Waals surface area (Å²) in [6.07, 6.45) is 12.8. The lowest BCUT2D eigenvalue weighted by Crippen LogP contribution is -2.68. The molecular formula is C29H33Cl3N3O4-. The highest BCUT2D eigenvalue weighted by Gasteiger charge is 2.08. The second-order valence-corrected chi connectivity index (χ2v) is 10.1. The minimum atomic E-state index is -4.94. The van der Waals surface area contributed by atoms with Crippen molar-refractivity contribution < 1.29 is 28.9 Å². The molecule has 3 rings (SSSR count). The predicted molar refractivity (Wildman–Crippen MR) is 153 cm³/mol. The molecule has 0 saturated carbocycles. The lowest BCUT2D eigenvalue weighted by Gasteiger charge is -2.22. The molecule has 0 unspecified atom stereocenters. The summed E-state index contributed by atoms with van der Waals surface area (Å²) in [7, 11) is -0.832. The average Bonchev–Trinajstić information content (AvgIpc) is 2.89. The summed E-state index contributed by atoms with van der Waals surface area (Å²) >= 11 is 11.9. The van der Waals surface area contributed by atoms with Gasteiger partial charge in [0.2, 0.25) is 0 Å². The molecule has 1 aliphatic carbocycles. The topological polar surface area (TPSA) is 111 Å². The molecule has 1 aliphatic rings. The highest BCUT2D eigenvalue weighted by atomic mass is 35.7. The van der Waals surface area contributed by atoms with Gasteiger partial charge in [-0.1, -0.05) is 48.6 Å². The Morgan fingerprint density at radius 3 is 1.79 bits per heavy atom. The van der Waals surface area contributed by atoms with E-state index in [1.807, 2.05) is 0 Å². The van der Waals surface area contributed by atoms with Gasteiger partial charge in [0.15, 0.2) is 0 Å². The number of hydrogen-bond donors (Lipinski definition) is 0. The van der Waals surface area contributed by atoms with Gasteiger partial charge < -0.3 is 9.80 Å². The van der Waals surface area contributed by atoms with Crippen molar-refractivity contribution in [3.63, 3.8) is 0 Å². The van der Waals surface area contributed by atoms with Crippen molar-refractivity contribution >= 4 is 51.9 Å². The standard InChI is InChI=1S/C29H33Cl2N3.ClHO4/c1-4-32-26-12-8-24(9-13-26)29(25-10-16-27(17-11-25)33(2)3)18-7-23-5-14-28(15-6-23)34(21-19-30)22-20-31;2-1(3,4)5/h5-18H,4,19-22H2,1-3H3;(H,2,3,4,5)/p-1. The van der Waals surface area contributed by atoms with Crippen LogP contribution in [0.25, 0.3) is 11.6 Å². The molecule has 10 heteroatoms. The quantitative estimate of drug-likeness (QED) is 0.391. The van der Waals surface area contributed by atoms with Gasteiger partial charge >= 0.3 is 0 Å².